The number of carbonyl (C=O) groups is 1. The number of likely N-dealkylation sites (N-methyl/N-ethyl adjacent to an activating group) is 1. The fraction of sp³-hybridized carbons (Fsp3) is 0.588. The van der Waals surface area contributed by atoms with Crippen LogP contribution in [0.25, 0.3) is 0 Å². The van der Waals surface area contributed by atoms with Crippen molar-refractivity contribution in [1.82, 2.24) is 14.5 Å². The molecule has 0 saturated carbocycles. The second-order valence-electron chi connectivity index (χ2n) is 5.99. The number of nitrogens with zero attached hydrogens (tertiary/aromatic N) is 2. The van der Waals surface area contributed by atoms with Crippen LogP contribution in [0.1, 0.15) is 37.0 Å². The van der Waals surface area contributed by atoms with Gasteiger partial charge in [-0.25, -0.2) is 8.42 Å². The van der Waals surface area contributed by atoms with Crippen molar-refractivity contribution in [1.29, 1.82) is 0 Å². The second kappa shape index (κ2) is 9.76. The first-order chi connectivity index (χ1) is 11.3. The Morgan fingerprint density at radius 3 is 2.00 bits per heavy atom. The quantitative estimate of drug-likeness (QED) is 0.695. The average molecular weight is 356 g/mol. The molecule has 0 heterocycles. The summed E-state index contributed by atoms with van der Waals surface area (Å²) in [4.78, 5) is 14.2. The molecule has 0 aliphatic rings. The van der Waals surface area contributed by atoms with E-state index in [-0.39, 0.29) is 10.8 Å². The van der Waals surface area contributed by atoms with Crippen molar-refractivity contribution in [2.45, 2.75) is 31.6 Å². The molecule has 1 rings (SSSR count). The molecule has 0 saturated heterocycles. The third-order valence-corrected chi connectivity index (χ3v) is 5.46. The van der Waals surface area contributed by atoms with Gasteiger partial charge < -0.3 is 10.2 Å². The van der Waals surface area contributed by atoms with Crippen LogP contribution in [0.5, 0.6) is 0 Å². The predicted octanol–water partition coefficient (Wildman–Crippen LogP) is 1.79. The molecule has 1 aromatic carbocycles. The van der Waals surface area contributed by atoms with Crippen LogP contribution in [0, 0.1) is 0 Å². The molecular formula is C17H29N3O3S. The van der Waals surface area contributed by atoms with Crippen LogP contribution >= 0.6 is 0 Å². The minimum absolute atomic E-state index is 0.195. The molecule has 0 aliphatic heterocycles. The van der Waals surface area contributed by atoms with Gasteiger partial charge >= 0.3 is 0 Å². The Morgan fingerprint density at radius 2 is 1.54 bits per heavy atom. The van der Waals surface area contributed by atoms with Crippen molar-refractivity contribution < 1.29 is 13.2 Å². The first-order valence-corrected chi connectivity index (χ1v) is 9.80. The van der Waals surface area contributed by atoms with Gasteiger partial charge in [-0.3, -0.25) is 4.79 Å². The van der Waals surface area contributed by atoms with E-state index in [1.54, 1.807) is 12.1 Å². The highest BCUT2D eigenvalue weighted by Gasteiger charge is 2.23. The van der Waals surface area contributed by atoms with E-state index in [0.29, 0.717) is 25.2 Å². The molecule has 1 N–H and O–H groups in total. The number of amides is 1. The number of nitrogens with one attached hydrogen (secondary N) is 1. The first kappa shape index (κ1) is 20.6. The van der Waals surface area contributed by atoms with Crippen LogP contribution in [-0.2, 0) is 10.0 Å². The summed E-state index contributed by atoms with van der Waals surface area (Å²) in [6.07, 6.45) is 1.54. The van der Waals surface area contributed by atoms with E-state index >= 15 is 0 Å². The number of hydrogen-bond donors (Lipinski definition) is 1. The van der Waals surface area contributed by atoms with E-state index in [9.17, 15) is 13.2 Å². The zero-order valence-electron chi connectivity index (χ0n) is 15.1. The van der Waals surface area contributed by atoms with E-state index in [4.69, 9.17) is 0 Å². The second-order valence-corrected chi connectivity index (χ2v) is 7.93. The minimum Gasteiger partial charge on any atom is -0.351 e. The maximum Gasteiger partial charge on any atom is 0.251 e. The highest BCUT2D eigenvalue weighted by molar-refractivity contribution is 7.89. The van der Waals surface area contributed by atoms with Crippen LogP contribution < -0.4 is 5.32 Å². The van der Waals surface area contributed by atoms with Crippen LogP contribution in [-0.4, -0.2) is 63.8 Å². The SMILES string of the molecule is CCCN(CCC)S(=O)(=O)c1ccc(C(=O)NCCN(C)C)cc1. The lowest BCUT2D eigenvalue weighted by Gasteiger charge is -2.21. The molecule has 136 valence electrons. The molecule has 7 heteroatoms. The summed E-state index contributed by atoms with van der Waals surface area (Å²) in [7, 11) is 0.368. The van der Waals surface area contributed by atoms with Gasteiger partial charge in [0.05, 0.1) is 4.90 Å². The van der Waals surface area contributed by atoms with Gasteiger partial charge in [0.15, 0.2) is 0 Å². The van der Waals surface area contributed by atoms with Crippen LogP contribution in [0.2, 0.25) is 0 Å². The Kier molecular flexibility index (Phi) is 8.38. The van der Waals surface area contributed by atoms with Crippen LogP contribution in [0.15, 0.2) is 29.2 Å². The molecule has 0 radical (unpaired) electrons. The summed E-state index contributed by atoms with van der Waals surface area (Å²) in [6, 6.07) is 6.14. The molecule has 0 unspecified atom stereocenters. The fourth-order valence-electron chi connectivity index (χ4n) is 2.27. The van der Waals surface area contributed by atoms with Gasteiger partial charge in [-0.05, 0) is 51.2 Å². The summed E-state index contributed by atoms with van der Waals surface area (Å²) in [5.74, 6) is -0.195. The van der Waals surface area contributed by atoms with Gasteiger partial charge in [-0.1, -0.05) is 13.8 Å². The Hall–Kier alpha value is -1.44. The molecule has 0 aromatic heterocycles. The molecule has 0 spiro atoms. The molecule has 0 aliphatic carbocycles. The Labute approximate surface area is 145 Å². The zero-order chi connectivity index (χ0) is 18.2. The number of carbonyl (C=O) groups excluding carboxylic acids is 1. The standard InChI is InChI=1S/C17H29N3O3S/c1-5-12-20(13-6-2)24(22,23)16-9-7-15(8-10-16)17(21)18-11-14-19(3)4/h7-10H,5-6,11-14H2,1-4H3,(H,18,21). The first-order valence-electron chi connectivity index (χ1n) is 8.36. The molecule has 6 nitrogen and oxygen atoms in total. The van der Waals surface area contributed by atoms with Gasteiger partial charge in [0.1, 0.15) is 0 Å². The molecule has 1 aromatic rings. The topological polar surface area (TPSA) is 69.7 Å². The van der Waals surface area contributed by atoms with E-state index < -0.39 is 10.0 Å². The molecule has 1 amide bonds. The summed E-state index contributed by atoms with van der Waals surface area (Å²) < 4.78 is 26.8. The number of benzene rings is 1. The molecule has 0 bridgehead atoms. The van der Waals surface area contributed by atoms with Gasteiger partial charge in [0, 0.05) is 31.7 Å². The smallest absolute Gasteiger partial charge is 0.251 e. The van der Waals surface area contributed by atoms with Crippen molar-refractivity contribution in [2.24, 2.45) is 0 Å². The third kappa shape index (κ3) is 5.89. The van der Waals surface area contributed by atoms with Crippen molar-refractivity contribution in [3.05, 3.63) is 29.8 Å². The van der Waals surface area contributed by atoms with E-state index in [2.05, 4.69) is 5.32 Å². The highest BCUT2D eigenvalue weighted by Crippen LogP contribution is 2.17. The van der Waals surface area contributed by atoms with Gasteiger partial charge in [0.2, 0.25) is 10.0 Å². The fourth-order valence-corrected chi connectivity index (χ4v) is 3.90. The van der Waals surface area contributed by atoms with E-state index in [1.165, 1.54) is 16.4 Å². The summed E-state index contributed by atoms with van der Waals surface area (Å²) in [5, 5.41) is 2.81. The van der Waals surface area contributed by atoms with Gasteiger partial charge in [0.25, 0.3) is 5.91 Å². The number of rotatable bonds is 10. The number of hydrogen-bond acceptors (Lipinski definition) is 4. The van der Waals surface area contributed by atoms with Crippen LogP contribution in [0.3, 0.4) is 0 Å². The normalized spacial score (nSPS) is 11.9. The third-order valence-electron chi connectivity index (χ3n) is 3.54. The Bertz CT molecular complexity index is 606. The summed E-state index contributed by atoms with van der Waals surface area (Å²) in [5.41, 5.74) is 0.463. The van der Waals surface area contributed by atoms with Gasteiger partial charge in [-0.2, -0.15) is 4.31 Å². The zero-order valence-corrected chi connectivity index (χ0v) is 15.9. The lowest BCUT2D eigenvalue weighted by Crippen LogP contribution is -2.33. The monoisotopic (exact) mass is 355 g/mol. The van der Waals surface area contributed by atoms with Crippen molar-refractivity contribution in [2.75, 3.05) is 40.3 Å². The summed E-state index contributed by atoms with van der Waals surface area (Å²) in [6.45, 7) is 6.22. The predicted molar refractivity (Wildman–Crippen MR) is 96.7 cm³/mol. The maximum atomic E-state index is 12.7. The van der Waals surface area contributed by atoms with E-state index in [0.717, 1.165) is 19.4 Å². The lowest BCUT2D eigenvalue weighted by atomic mass is 10.2. The van der Waals surface area contributed by atoms with Crippen molar-refractivity contribution >= 4 is 15.9 Å². The molecule has 0 fully saturated rings. The Balaban J connectivity index is 2.83. The summed E-state index contributed by atoms with van der Waals surface area (Å²) >= 11 is 0. The molecule has 0 atom stereocenters. The van der Waals surface area contributed by atoms with Crippen LogP contribution in [0.4, 0.5) is 0 Å². The largest absolute Gasteiger partial charge is 0.351 e. The average Bonchev–Trinajstić information content (AvgIpc) is 2.54. The van der Waals surface area contributed by atoms with Gasteiger partial charge in [-0.15, -0.1) is 0 Å². The van der Waals surface area contributed by atoms with Crippen molar-refractivity contribution in [3.63, 3.8) is 0 Å². The Morgan fingerprint density at radius 1 is 1.00 bits per heavy atom. The number of sulfonamides is 1. The van der Waals surface area contributed by atoms with E-state index in [1.807, 2.05) is 32.8 Å². The molecule has 24 heavy (non-hydrogen) atoms. The van der Waals surface area contributed by atoms with Crippen molar-refractivity contribution in [3.8, 4) is 0 Å². The lowest BCUT2D eigenvalue weighted by molar-refractivity contribution is 0.0951. The molecular weight excluding hydrogens is 326 g/mol. The minimum atomic E-state index is -3.50. The highest BCUT2D eigenvalue weighted by atomic mass is 32.2. The maximum absolute atomic E-state index is 12.7.